The molecule has 1 nitrogen and oxygen atoms in total. The second kappa shape index (κ2) is 8.14. The van der Waals surface area contributed by atoms with Gasteiger partial charge in [-0.15, -0.1) is 0 Å². The maximum Gasteiger partial charge on any atom is 0.124 e. The number of hydrogen-bond donors (Lipinski definition) is 1. The van der Waals surface area contributed by atoms with E-state index in [0.717, 1.165) is 35.5 Å². The first kappa shape index (κ1) is 16.0. The Morgan fingerprint density at radius 1 is 1.15 bits per heavy atom. The van der Waals surface area contributed by atoms with Gasteiger partial charge in [-0.3, -0.25) is 0 Å². The topological polar surface area (TPSA) is 12.0 Å². The van der Waals surface area contributed by atoms with Crippen LogP contribution in [0.4, 0.5) is 4.39 Å². The average Bonchev–Trinajstić information content (AvgIpc) is 2.60. The Morgan fingerprint density at radius 3 is 2.60 bits per heavy atom. The molecule has 0 amide bonds. The van der Waals surface area contributed by atoms with E-state index in [4.69, 9.17) is 0 Å². The SMILES string of the molecule is CCNCC1CCCCCC1Cc1cc(F)cc(Br)c1. The van der Waals surface area contributed by atoms with Gasteiger partial charge in [-0.05, 0) is 68.0 Å². The minimum atomic E-state index is -0.133. The van der Waals surface area contributed by atoms with E-state index in [1.54, 1.807) is 6.07 Å². The molecule has 2 unspecified atom stereocenters. The molecule has 0 aromatic heterocycles. The van der Waals surface area contributed by atoms with Crippen molar-refractivity contribution < 1.29 is 4.39 Å². The van der Waals surface area contributed by atoms with Crippen molar-refractivity contribution in [1.29, 1.82) is 0 Å². The van der Waals surface area contributed by atoms with Crippen LogP contribution in [0, 0.1) is 17.7 Å². The fourth-order valence-corrected chi connectivity index (χ4v) is 3.87. The van der Waals surface area contributed by atoms with Gasteiger partial charge in [0.15, 0.2) is 0 Å². The van der Waals surface area contributed by atoms with Crippen molar-refractivity contribution in [3.05, 3.63) is 34.1 Å². The number of rotatable bonds is 5. The van der Waals surface area contributed by atoms with E-state index >= 15 is 0 Å². The zero-order valence-electron chi connectivity index (χ0n) is 12.3. The fraction of sp³-hybridized carbons (Fsp3) is 0.647. The molecule has 0 bridgehead atoms. The predicted molar refractivity (Wildman–Crippen MR) is 86.4 cm³/mol. The summed E-state index contributed by atoms with van der Waals surface area (Å²) in [5.41, 5.74) is 1.13. The van der Waals surface area contributed by atoms with Gasteiger partial charge in [0.25, 0.3) is 0 Å². The largest absolute Gasteiger partial charge is 0.317 e. The van der Waals surface area contributed by atoms with E-state index in [9.17, 15) is 4.39 Å². The molecule has 0 radical (unpaired) electrons. The third kappa shape index (κ3) is 4.85. The highest BCUT2D eigenvalue weighted by Crippen LogP contribution is 2.31. The van der Waals surface area contributed by atoms with E-state index in [1.165, 1.54) is 38.2 Å². The van der Waals surface area contributed by atoms with Gasteiger partial charge in [-0.2, -0.15) is 0 Å². The summed E-state index contributed by atoms with van der Waals surface area (Å²) in [4.78, 5) is 0. The molecule has 1 aliphatic rings. The summed E-state index contributed by atoms with van der Waals surface area (Å²) in [5, 5.41) is 3.50. The maximum absolute atomic E-state index is 13.5. The molecule has 1 N–H and O–H groups in total. The number of benzene rings is 1. The summed E-state index contributed by atoms with van der Waals surface area (Å²) in [6.45, 7) is 4.31. The Hall–Kier alpha value is -0.410. The molecule has 1 aromatic rings. The second-order valence-corrected chi connectivity index (χ2v) is 6.86. The zero-order valence-corrected chi connectivity index (χ0v) is 13.9. The molecule has 0 saturated heterocycles. The Bertz CT molecular complexity index is 401. The van der Waals surface area contributed by atoms with Crippen LogP contribution in [0.2, 0.25) is 0 Å². The highest BCUT2D eigenvalue weighted by molar-refractivity contribution is 9.10. The normalized spacial score (nSPS) is 23.6. The first-order chi connectivity index (χ1) is 9.69. The van der Waals surface area contributed by atoms with Crippen molar-refractivity contribution in [3.63, 3.8) is 0 Å². The van der Waals surface area contributed by atoms with Gasteiger partial charge in [0.1, 0.15) is 5.82 Å². The molecule has 20 heavy (non-hydrogen) atoms. The summed E-state index contributed by atoms with van der Waals surface area (Å²) in [6.07, 6.45) is 7.62. The Balaban J connectivity index is 2.05. The first-order valence-electron chi connectivity index (χ1n) is 7.84. The van der Waals surface area contributed by atoms with E-state index in [0.29, 0.717) is 5.92 Å². The lowest BCUT2D eigenvalue weighted by molar-refractivity contribution is 0.299. The molecule has 1 aromatic carbocycles. The van der Waals surface area contributed by atoms with Gasteiger partial charge in [-0.25, -0.2) is 4.39 Å². The lowest BCUT2D eigenvalue weighted by Crippen LogP contribution is -2.28. The van der Waals surface area contributed by atoms with Crippen LogP contribution in [0.1, 0.15) is 44.6 Å². The van der Waals surface area contributed by atoms with Crippen LogP contribution >= 0.6 is 15.9 Å². The van der Waals surface area contributed by atoms with Gasteiger partial charge in [0.2, 0.25) is 0 Å². The molecule has 0 aliphatic heterocycles. The molecule has 1 fully saturated rings. The van der Waals surface area contributed by atoms with Crippen LogP contribution in [0.5, 0.6) is 0 Å². The monoisotopic (exact) mass is 341 g/mol. The fourth-order valence-electron chi connectivity index (χ4n) is 3.36. The van der Waals surface area contributed by atoms with Crippen molar-refractivity contribution in [1.82, 2.24) is 5.32 Å². The Kier molecular flexibility index (Phi) is 6.50. The molecule has 2 atom stereocenters. The number of hydrogen-bond acceptors (Lipinski definition) is 1. The van der Waals surface area contributed by atoms with Crippen LogP contribution in [0.3, 0.4) is 0 Å². The van der Waals surface area contributed by atoms with Crippen LogP contribution in [0.25, 0.3) is 0 Å². The van der Waals surface area contributed by atoms with Gasteiger partial charge < -0.3 is 5.32 Å². The van der Waals surface area contributed by atoms with Crippen molar-refractivity contribution in [2.75, 3.05) is 13.1 Å². The molecular weight excluding hydrogens is 317 g/mol. The van der Waals surface area contributed by atoms with E-state index in [1.807, 2.05) is 0 Å². The average molecular weight is 342 g/mol. The smallest absolute Gasteiger partial charge is 0.124 e. The molecule has 112 valence electrons. The summed E-state index contributed by atoms with van der Waals surface area (Å²) < 4.78 is 14.4. The summed E-state index contributed by atoms with van der Waals surface area (Å²) >= 11 is 3.40. The van der Waals surface area contributed by atoms with Crippen LogP contribution in [-0.2, 0) is 6.42 Å². The third-order valence-electron chi connectivity index (χ3n) is 4.39. The second-order valence-electron chi connectivity index (χ2n) is 5.95. The maximum atomic E-state index is 13.5. The van der Waals surface area contributed by atoms with Crippen molar-refractivity contribution in [2.45, 2.75) is 45.4 Å². The van der Waals surface area contributed by atoms with Gasteiger partial charge in [0.05, 0.1) is 0 Å². The quantitative estimate of drug-likeness (QED) is 0.748. The van der Waals surface area contributed by atoms with Crippen molar-refractivity contribution in [2.24, 2.45) is 11.8 Å². The standard InChI is InChI=1S/C17H25BrFN/c1-2-20-12-15-7-5-3-4-6-14(15)8-13-9-16(18)11-17(19)10-13/h9-11,14-15,20H,2-8,12H2,1H3. The van der Waals surface area contributed by atoms with Crippen LogP contribution in [0.15, 0.2) is 22.7 Å². The van der Waals surface area contributed by atoms with Crippen LogP contribution in [-0.4, -0.2) is 13.1 Å². The minimum absolute atomic E-state index is 0.133. The van der Waals surface area contributed by atoms with Gasteiger partial charge >= 0.3 is 0 Å². The third-order valence-corrected chi connectivity index (χ3v) is 4.85. The molecular formula is C17H25BrFN. The van der Waals surface area contributed by atoms with E-state index in [-0.39, 0.29) is 5.82 Å². The molecule has 0 spiro atoms. The van der Waals surface area contributed by atoms with E-state index < -0.39 is 0 Å². The van der Waals surface area contributed by atoms with E-state index in [2.05, 4.69) is 34.2 Å². The van der Waals surface area contributed by atoms with Gasteiger partial charge in [0, 0.05) is 4.47 Å². The highest BCUT2D eigenvalue weighted by atomic mass is 79.9. The number of nitrogens with one attached hydrogen (secondary N) is 1. The van der Waals surface area contributed by atoms with Crippen molar-refractivity contribution in [3.8, 4) is 0 Å². The molecule has 1 saturated carbocycles. The molecule has 0 heterocycles. The lowest BCUT2D eigenvalue weighted by Gasteiger charge is -2.25. The first-order valence-corrected chi connectivity index (χ1v) is 8.64. The molecule has 3 heteroatoms. The Labute approximate surface area is 130 Å². The Morgan fingerprint density at radius 2 is 1.90 bits per heavy atom. The molecule has 2 rings (SSSR count). The summed E-state index contributed by atoms with van der Waals surface area (Å²) in [7, 11) is 0. The molecule has 1 aliphatic carbocycles. The number of halogens is 2. The van der Waals surface area contributed by atoms with Crippen LogP contribution < -0.4 is 5.32 Å². The zero-order chi connectivity index (χ0) is 14.4. The van der Waals surface area contributed by atoms with Gasteiger partial charge in [-0.1, -0.05) is 42.1 Å². The summed E-state index contributed by atoms with van der Waals surface area (Å²) in [5.74, 6) is 1.29. The lowest BCUT2D eigenvalue weighted by atomic mass is 9.83. The minimum Gasteiger partial charge on any atom is -0.317 e. The summed E-state index contributed by atoms with van der Waals surface area (Å²) in [6, 6.07) is 5.30. The highest BCUT2D eigenvalue weighted by Gasteiger charge is 2.23. The van der Waals surface area contributed by atoms with Crippen molar-refractivity contribution >= 4 is 15.9 Å². The predicted octanol–water partition coefficient (Wildman–Crippen LogP) is 4.94.